The third-order valence-corrected chi connectivity index (χ3v) is 3.43. The Morgan fingerprint density at radius 2 is 1.89 bits per heavy atom. The van der Waals surface area contributed by atoms with Crippen molar-refractivity contribution in [2.24, 2.45) is 0 Å². The van der Waals surface area contributed by atoms with Gasteiger partial charge in [-0.1, -0.05) is 12.8 Å². The van der Waals surface area contributed by atoms with Crippen LogP contribution in [0.25, 0.3) is 5.69 Å². The number of nitrogens with zero attached hydrogens (tertiary/aromatic N) is 3. The fourth-order valence-electron chi connectivity index (χ4n) is 2.50. The molecular formula is C13H17N5. The van der Waals surface area contributed by atoms with Crippen LogP contribution in [0.3, 0.4) is 0 Å². The monoisotopic (exact) mass is 243 g/mol. The molecule has 1 fully saturated rings. The second-order valence-corrected chi connectivity index (χ2v) is 4.77. The number of nitrogens with two attached hydrogens (primary N) is 1. The largest absolute Gasteiger partial charge is 0.399 e. The lowest BCUT2D eigenvalue weighted by Crippen LogP contribution is -2.16. The summed E-state index contributed by atoms with van der Waals surface area (Å²) in [5.74, 6) is 0. The molecule has 1 aliphatic rings. The van der Waals surface area contributed by atoms with Gasteiger partial charge >= 0.3 is 0 Å². The molecule has 5 nitrogen and oxygen atoms in total. The highest BCUT2D eigenvalue weighted by Gasteiger charge is 2.16. The van der Waals surface area contributed by atoms with Gasteiger partial charge in [-0.15, -0.1) is 10.2 Å². The van der Waals surface area contributed by atoms with Gasteiger partial charge in [0, 0.05) is 11.7 Å². The topological polar surface area (TPSA) is 68.8 Å². The van der Waals surface area contributed by atoms with Crippen molar-refractivity contribution in [3.05, 3.63) is 30.9 Å². The molecule has 1 heterocycles. The van der Waals surface area contributed by atoms with Crippen molar-refractivity contribution in [2.75, 3.05) is 11.1 Å². The third kappa shape index (κ3) is 2.16. The zero-order valence-corrected chi connectivity index (χ0v) is 10.2. The first-order valence-corrected chi connectivity index (χ1v) is 6.34. The molecule has 0 bridgehead atoms. The standard InChI is InChI=1S/C13H17N5/c14-10-5-6-12(17-11-3-1-2-4-11)13(7-10)18-8-15-16-9-18/h5-9,11,17H,1-4,14H2. The molecule has 0 aliphatic heterocycles. The highest BCUT2D eigenvalue weighted by atomic mass is 15.2. The fraction of sp³-hybridized carbons (Fsp3) is 0.385. The molecule has 0 saturated heterocycles. The van der Waals surface area contributed by atoms with Gasteiger partial charge in [-0.2, -0.15) is 0 Å². The molecule has 2 aromatic rings. The van der Waals surface area contributed by atoms with Gasteiger partial charge in [0.05, 0.1) is 11.4 Å². The molecule has 0 atom stereocenters. The lowest BCUT2D eigenvalue weighted by atomic mass is 10.2. The molecule has 3 rings (SSSR count). The zero-order chi connectivity index (χ0) is 12.4. The maximum Gasteiger partial charge on any atom is 0.123 e. The summed E-state index contributed by atoms with van der Waals surface area (Å²) in [7, 11) is 0. The van der Waals surface area contributed by atoms with E-state index >= 15 is 0 Å². The predicted octanol–water partition coefficient (Wildman–Crippen LogP) is 2.20. The van der Waals surface area contributed by atoms with Crippen LogP contribution in [0.2, 0.25) is 0 Å². The normalized spacial score (nSPS) is 16.0. The maximum absolute atomic E-state index is 5.86. The van der Waals surface area contributed by atoms with Gasteiger partial charge in [0.15, 0.2) is 0 Å². The number of anilines is 2. The number of hydrogen-bond donors (Lipinski definition) is 2. The Hall–Kier alpha value is -2.04. The molecule has 5 heteroatoms. The van der Waals surface area contributed by atoms with E-state index in [1.54, 1.807) is 12.7 Å². The second kappa shape index (κ2) is 4.68. The minimum atomic E-state index is 0.573. The van der Waals surface area contributed by atoms with Crippen molar-refractivity contribution in [3.8, 4) is 5.69 Å². The van der Waals surface area contributed by atoms with Gasteiger partial charge < -0.3 is 11.1 Å². The number of hydrogen-bond acceptors (Lipinski definition) is 4. The molecule has 1 aromatic carbocycles. The lowest BCUT2D eigenvalue weighted by Gasteiger charge is -2.17. The summed E-state index contributed by atoms with van der Waals surface area (Å²) in [4.78, 5) is 0. The molecule has 18 heavy (non-hydrogen) atoms. The summed E-state index contributed by atoms with van der Waals surface area (Å²) in [5.41, 5.74) is 8.71. The first-order chi connectivity index (χ1) is 8.83. The molecule has 0 spiro atoms. The quantitative estimate of drug-likeness (QED) is 0.811. The zero-order valence-electron chi connectivity index (χ0n) is 10.2. The number of aromatic nitrogens is 3. The third-order valence-electron chi connectivity index (χ3n) is 3.43. The Kier molecular flexibility index (Phi) is 2.88. The van der Waals surface area contributed by atoms with Crippen LogP contribution in [0.15, 0.2) is 30.9 Å². The van der Waals surface area contributed by atoms with Crippen LogP contribution in [0, 0.1) is 0 Å². The Labute approximate surface area is 106 Å². The van der Waals surface area contributed by atoms with E-state index in [1.807, 2.05) is 22.8 Å². The maximum atomic E-state index is 5.86. The highest BCUT2D eigenvalue weighted by Crippen LogP contribution is 2.27. The van der Waals surface area contributed by atoms with E-state index in [9.17, 15) is 0 Å². The van der Waals surface area contributed by atoms with Crippen molar-refractivity contribution in [1.82, 2.24) is 14.8 Å². The van der Waals surface area contributed by atoms with E-state index in [0.717, 1.165) is 17.1 Å². The smallest absolute Gasteiger partial charge is 0.123 e. The molecule has 0 amide bonds. The van der Waals surface area contributed by atoms with Crippen molar-refractivity contribution in [1.29, 1.82) is 0 Å². The predicted molar refractivity (Wildman–Crippen MR) is 71.7 cm³/mol. The van der Waals surface area contributed by atoms with Gasteiger partial charge in [-0.05, 0) is 31.0 Å². The van der Waals surface area contributed by atoms with Crippen LogP contribution in [0.5, 0.6) is 0 Å². The van der Waals surface area contributed by atoms with Gasteiger partial charge in [0.2, 0.25) is 0 Å². The minimum absolute atomic E-state index is 0.573. The summed E-state index contributed by atoms with van der Waals surface area (Å²) in [6.07, 6.45) is 8.49. The number of nitrogens with one attached hydrogen (secondary N) is 1. The lowest BCUT2D eigenvalue weighted by molar-refractivity contribution is 0.754. The molecule has 1 saturated carbocycles. The second-order valence-electron chi connectivity index (χ2n) is 4.77. The van der Waals surface area contributed by atoms with Gasteiger partial charge in [-0.3, -0.25) is 4.57 Å². The minimum Gasteiger partial charge on any atom is -0.399 e. The molecule has 0 radical (unpaired) electrons. The SMILES string of the molecule is Nc1ccc(NC2CCCC2)c(-n2cnnc2)c1. The van der Waals surface area contributed by atoms with E-state index in [2.05, 4.69) is 15.5 Å². The van der Waals surface area contributed by atoms with Crippen LogP contribution in [0.4, 0.5) is 11.4 Å². The first-order valence-electron chi connectivity index (χ1n) is 6.34. The van der Waals surface area contributed by atoms with E-state index in [1.165, 1.54) is 25.7 Å². The Morgan fingerprint density at radius 1 is 1.17 bits per heavy atom. The van der Waals surface area contributed by atoms with Crippen molar-refractivity contribution < 1.29 is 0 Å². The van der Waals surface area contributed by atoms with E-state index in [4.69, 9.17) is 5.73 Å². The van der Waals surface area contributed by atoms with E-state index in [-0.39, 0.29) is 0 Å². The molecular weight excluding hydrogens is 226 g/mol. The van der Waals surface area contributed by atoms with Crippen molar-refractivity contribution >= 4 is 11.4 Å². The highest BCUT2D eigenvalue weighted by molar-refractivity contribution is 5.66. The number of rotatable bonds is 3. The number of nitrogen functional groups attached to an aromatic ring is 1. The molecule has 0 unspecified atom stereocenters. The van der Waals surface area contributed by atoms with Crippen LogP contribution in [0.1, 0.15) is 25.7 Å². The van der Waals surface area contributed by atoms with Crippen LogP contribution >= 0.6 is 0 Å². The van der Waals surface area contributed by atoms with Gasteiger partial charge in [0.25, 0.3) is 0 Å². The first kappa shape index (κ1) is 11.1. The fourth-order valence-corrected chi connectivity index (χ4v) is 2.50. The Bertz CT molecular complexity index is 514. The van der Waals surface area contributed by atoms with E-state index < -0.39 is 0 Å². The summed E-state index contributed by atoms with van der Waals surface area (Å²) < 4.78 is 1.88. The van der Waals surface area contributed by atoms with Gasteiger partial charge in [-0.25, -0.2) is 0 Å². The number of benzene rings is 1. The van der Waals surface area contributed by atoms with Crippen LogP contribution in [-0.4, -0.2) is 20.8 Å². The molecule has 1 aliphatic carbocycles. The molecule has 94 valence electrons. The summed E-state index contributed by atoms with van der Waals surface area (Å²) in [6, 6.07) is 6.47. The summed E-state index contributed by atoms with van der Waals surface area (Å²) in [5, 5.41) is 11.3. The van der Waals surface area contributed by atoms with Crippen LogP contribution < -0.4 is 11.1 Å². The van der Waals surface area contributed by atoms with E-state index in [0.29, 0.717) is 6.04 Å². The molecule has 3 N–H and O–H groups in total. The van der Waals surface area contributed by atoms with Crippen molar-refractivity contribution in [3.63, 3.8) is 0 Å². The average molecular weight is 243 g/mol. The average Bonchev–Trinajstić information content (AvgIpc) is 3.04. The van der Waals surface area contributed by atoms with Crippen LogP contribution in [-0.2, 0) is 0 Å². The summed E-state index contributed by atoms with van der Waals surface area (Å²) >= 11 is 0. The Balaban J connectivity index is 1.92. The van der Waals surface area contributed by atoms with Gasteiger partial charge in [0.1, 0.15) is 12.7 Å². The summed E-state index contributed by atoms with van der Waals surface area (Å²) in [6.45, 7) is 0. The van der Waals surface area contributed by atoms with Crippen molar-refractivity contribution in [2.45, 2.75) is 31.7 Å². The Morgan fingerprint density at radius 3 is 2.61 bits per heavy atom. The molecule has 1 aromatic heterocycles.